The fourth-order valence-electron chi connectivity index (χ4n) is 1.90. The summed E-state index contributed by atoms with van der Waals surface area (Å²) in [6.07, 6.45) is 0.0317. The molecule has 0 radical (unpaired) electrons. The molecule has 0 aliphatic carbocycles. The quantitative estimate of drug-likeness (QED) is 0.824. The zero-order valence-electron chi connectivity index (χ0n) is 11.3. The smallest absolute Gasteiger partial charge is 0.204 e. The number of aromatic nitrogens is 2. The molecule has 19 heavy (non-hydrogen) atoms. The average molecular weight is 253 g/mol. The van der Waals surface area contributed by atoms with E-state index < -0.39 is 0 Å². The second-order valence-electron chi connectivity index (χ2n) is 4.61. The third-order valence-corrected chi connectivity index (χ3v) is 3.16. The fourth-order valence-corrected chi connectivity index (χ4v) is 1.90. The van der Waals surface area contributed by atoms with E-state index in [-0.39, 0.29) is 17.5 Å². The first-order chi connectivity index (χ1) is 9.02. The molecule has 0 spiro atoms. The molecule has 0 amide bonds. The fraction of sp³-hybridized carbons (Fsp3) is 0.267. The minimum Gasteiger partial charge on any atom is -0.288 e. The van der Waals surface area contributed by atoms with E-state index in [9.17, 15) is 4.79 Å². The Balaban J connectivity index is 2.61. The van der Waals surface area contributed by atoms with Crippen molar-refractivity contribution < 1.29 is 0 Å². The van der Waals surface area contributed by atoms with Crippen LogP contribution in [0.1, 0.15) is 22.5 Å². The Kier molecular flexibility index (Phi) is 3.48. The highest BCUT2D eigenvalue weighted by molar-refractivity contribution is 5.40. The second-order valence-corrected chi connectivity index (χ2v) is 4.61. The van der Waals surface area contributed by atoms with E-state index in [0.717, 1.165) is 11.4 Å². The van der Waals surface area contributed by atoms with Crippen LogP contribution in [0.3, 0.4) is 0 Å². The molecule has 2 aromatic rings. The van der Waals surface area contributed by atoms with E-state index in [2.05, 4.69) is 5.10 Å². The van der Waals surface area contributed by atoms with E-state index >= 15 is 0 Å². The number of hydrogen-bond acceptors (Lipinski definition) is 3. The minimum absolute atomic E-state index is 0.0317. The predicted molar refractivity (Wildman–Crippen MR) is 73.4 cm³/mol. The van der Waals surface area contributed by atoms with Crippen LogP contribution in [0.25, 0.3) is 5.69 Å². The molecule has 0 aliphatic heterocycles. The van der Waals surface area contributed by atoms with Crippen molar-refractivity contribution in [1.29, 1.82) is 5.26 Å². The number of benzene rings is 1. The summed E-state index contributed by atoms with van der Waals surface area (Å²) in [6.45, 7) is 5.92. The zero-order valence-corrected chi connectivity index (χ0v) is 11.3. The Morgan fingerprint density at radius 1 is 1.21 bits per heavy atom. The van der Waals surface area contributed by atoms with Crippen LogP contribution in [-0.4, -0.2) is 9.78 Å². The third-order valence-electron chi connectivity index (χ3n) is 3.16. The third kappa shape index (κ3) is 2.55. The van der Waals surface area contributed by atoms with Crippen molar-refractivity contribution >= 4 is 0 Å². The molecule has 1 heterocycles. The average Bonchev–Trinajstić information content (AvgIpc) is 2.36. The summed E-state index contributed by atoms with van der Waals surface area (Å²) in [7, 11) is 0. The summed E-state index contributed by atoms with van der Waals surface area (Å²) in [6, 6.07) is 9.50. The van der Waals surface area contributed by atoms with Gasteiger partial charge in [-0.25, -0.2) is 4.68 Å². The van der Waals surface area contributed by atoms with Crippen LogP contribution >= 0.6 is 0 Å². The van der Waals surface area contributed by atoms with Gasteiger partial charge in [-0.1, -0.05) is 6.07 Å². The molecule has 4 heteroatoms. The van der Waals surface area contributed by atoms with E-state index in [0.29, 0.717) is 0 Å². The number of rotatable bonds is 2. The van der Waals surface area contributed by atoms with Gasteiger partial charge in [-0.15, -0.1) is 0 Å². The topological polar surface area (TPSA) is 58.7 Å². The van der Waals surface area contributed by atoms with Crippen molar-refractivity contribution in [2.45, 2.75) is 27.2 Å². The Labute approximate surface area is 111 Å². The molecular formula is C15H15N3O. The molecule has 0 N–H and O–H groups in total. The first-order valence-corrected chi connectivity index (χ1v) is 6.07. The molecule has 0 bridgehead atoms. The zero-order chi connectivity index (χ0) is 14.0. The summed E-state index contributed by atoms with van der Waals surface area (Å²) in [5.41, 5.74) is 4.14. The van der Waals surface area contributed by atoms with Crippen molar-refractivity contribution in [3.8, 4) is 11.8 Å². The van der Waals surface area contributed by atoms with E-state index in [1.165, 1.54) is 17.2 Å². The number of nitrogens with zero attached hydrogens (tertiary/aromatic N) is 3. The molecular weight excluding hydrogens is 238 g/mol. The Morgan fingerprint density at radius 2 is 1.95 bits per heavy atom. The number of aryl methyl sites for hydroxylation is 3. The van der Waals surface area contributed by atoms with Gasteiger partial charge in [-0.3, -0.25) is 4.79 Å². The van der Waals surface area contributed by atoms with Gasteiger partial charge in [-0.2, -0.15) is 10.4 Å². The number of hydrogen-bond donors (Lipinski definition) is 0. The van der Waals surface area contributed by atoms with Crippen LogP contribution in [0.2, 0.25) is 0 Å². The maximum absolute atomic E-state index is 11.7. The summed E-state index contributed by atoms with van der Waals surface area (Å²) in [4.78, 5) is 11.7. The lowest BCUT2D eigenvalue weighted by atomic mass is 10.1. The lowest BCUT2D eigenvalue weighted by molar-refractivity contribution is 0.766. The molecule has 0 unspecified atom stereocenters. The van der Waals surface area contributed by atoms with Gasteiger partial charge in [0.25, 0.3) is 0 Å². The van der Waals surface area contributed by atoms with Gasteiger partial charge in [0.2, 0.25) is 5.43 Å². The van der Waals surface area contributed by atoms with Crippen LogP contribution in [0.5, 0.6) is 0 Å². The lowest BCUT2D eigenvalue weighted by Gasteiger charge is -2.12. The van der Waals surface area contributed by atoms with Crippen molar-refractivity contribution in [2.75, 3.05) is 0 Å². The molecule has 0 saturated heterocycles. The van der Waals surface area contributed by atoms with Crippen molar-refractivity contribution in [3.63, 3.8) is 0 Å². The summed E-state index contributed by atoms with van der Waals surface area (Å²) in [5.74, 6) is 0. The highest BCUT2D eigenvalue weighted by atomic mass is 16.1. The van der Waals surface area contributed by atoms with E-state index in [1.807, 2.05) is 45.0 Å². The van der Waals surface area contributed by atoms with Gasteiger partial charge in [0.1, 0.15) is 5.69 Å². The highest BCUT2D eigenvalue weighted by Gasteiger charge is 2.07. The summed E-state index contributed by atoms with van der Waals surface area (Å²) >= 11 is 0. The molecule has 0 atom stereocenters. The first-order valence-electron chi connectivity index (χ1n) is 6.07. The predicted octanol–water partition coefficient (Wildman–Crippen LogP) is 2.22. The van der Waals surface area contributed by atoms with Gasteiger partial charge in [0.15, 0.2) is 0 Å². The Bertz CT molecular complexity index is 723. The van der Waals surface area contributed by atoms with Crippen molar-refractivity contribution in [3.05, 3.63) is 57.0 Å². The van der Waals surface area contributed by atoms with E-state index in [1.54, 1.807) is 4.68 Å². The van der Waals surface area contributed by atoms with Gasteiger partial charge in [-0.05, 0) is 44.0 Å². The Morgan fingerprint density at radius 3 is 2.58 bits per heavy atom. The molecule has 1 aromatic heterocycles. The Hall–Kier alpha value is -2.41. The number of nitriles is 1. The molecule has 0 saturated carbocycles. The first kappa shape index (κ1) is 13.0. The van der Waals surface area contributed by atoms with Crippen LogP contribution in [-0.2, 0) is 6.42 Å². The molecule has 2 rings (SSSR count). The van der Waals surface area contributed by atoms with Crippen LogP contribution in [0.15, 0.2) is 29.1 Å². The van der Waals surface area contributed by atoms with Crippen molar-refractivity contribution in [1.82, 2.24) is 9.78 Å². The van der Waals surface area contributed by atoms with Crippen LogP contribution in [0.4, 0.5) is 0 Å². The van der Waals surface area contributed by atoms with Gasteiger partial charge < -0.3 is 0 Å². The standard InChI is InChI=1S/C15H15N3O/c1-10-4-5-13(8-11(10)2)18-12(3)9-15(19)14(17-18)6-7-16/h4-5,8-9H,6H2,1-3H3. The van der Waals surface area contributed by atoms with Crippen molar-refractivity contribution in [2.24, 2.45) is 0 Å². The van der Waals surface area contributed by atoms with Gasteiger partial charge in [0.05, 0.1) is 18.2 Å². The van der Waals surface area contributed by atoms with Gasteiger partial charge >= 0.3 is 0 Å². The van der Waals surface area contributed by atoms with Crippen LogP contribution in [0, 0.1) is 32.1 Å². The maximum atomic E-state index is 11.7. The summed E-state index contributed by atoms with van der Waals surface area (Å²) < 4.78 is 1.71. The highest BCUT2D eigenvalue weighted by Crippen LogP contribution is 2.14. The minimum atomic E-state index is -0.181. The lowest BCUT2D eigenvalue weighted by Crippen LogP contribution is -2.18. The summed E-state index contributed by atoms with van der Waals surface area (Å²) in [5, 5.41) is 13.0. The largest absolute Gasteiger partial charge is 0.288 e. The molecule has 96 valence electrons. The normalized spacial score (nSPS) is 10.2. The van der Waals surface area contributed by atoms with Gasteiger partial charge in [0, 0.05) is 11.8 Å². The SMILES string of the molecule is Cc1ccc(-n2nc(CC#N)c(=O)cc2C)cc1C. The van der Waals surface area contributed by atoms with Crippen LogP contribution < -0.4 is 5.43 Å². The molecule has 0 aliphatic rings. The monoisotopic (exact) mass is 253 g/mol. The maximum Gasteiger partial charge on any atom is 0.204 e. The molecule has 4 nitrogen and oxygen atoms in total. The second kappa shape index (κ2) is 5.07. The molecule has 0 fully saturated rings. The van der Waals surface area contributed by atoms with E-state index in [4.69, 9.17) is 5.26 Å². The molecule has 1 aromatic carbocycles.